The lowest BCUT2D eigenvalue weighted by atomic mass is 10.1. The number of nitrogens with zero attached hydrogens (tertiary/aromatic N) is 5. The van der Waals surface area contributed by atoms with Crippen LogP contribution in [0.15, 0.2) is 48.5 Å². The third-order valence-corrected chi connectivity index (χ3v) is 4.30. The Hall–Kier alpha value is -5.25. The summed E-state index contributed by atoms with van der Waals surface area (Å²) in [5, 5.41) is 44.6. The van der Waals surface area contributed by atoms with Crippen molar-refractivity contribution in [2.45, 2.75) is 0 Å². The van der Waals surface area contributed by atoms with Gasteiger partial charge in [-0.25, -0.2) is 4.79 Å². The number of anilines is 1. The number of ether oxygens (including phenoxy) is 1. The molecule has 0 aliphatic rings. The van der Waals surface area contributed by atoms with Crippen LogP contribution in [-0.2, 0) is 0 Å². The molecule has 0 saturated carbocycles. The molecule has 2 aromatic carbocycles. The maximum Gasteiger partial charge on any atom is 0.326 e. The molecule has 0 unspecified atom stereocenters. The molecule has 1 aromatic heterocycles. The number of non-ortho nitro benzene ring substituents is 1. The Bertz CT molecular complexity index is 1360. The molecule has 2 N–H and O–H groups in total. The second kappa shape index (κ2) is 10.1. The summed E-state index contributed by atoms with van der Waals surface area (Å²) < 4.78 is 5.30. The molecule has 178 valence electrons. The highest BCUT2D eigenvalue weighted by Crippen LogP contribution is 2.33. The van der Waals surface area contributed by atoms with Crippen LogP contribution in [0.5, 0.6) is 11.6 Å². The minimum atomic E-state index is -1.24. The van der Waals surface area contributed by atoms with Gasteiger partial charge in [-0.05, 0) is 24.3 Å². The van der Waals surface area contributed by atoms with E-state index in [-0.39, 0.29) is 22.5 Å². The van der Waals surface area contributed by atoms with E-state index in [1.807, 2.05) is 0 Å². The van der Waals surface area contributed by atoms with Gasteiger partial charge in [0.1, 0.15) is 5.56 Å². The highest BCUT2D eigenvalue weighted by molar-refractivity contribution is 6.29. The number of halogens is 1. The molecule has 0 radical (unpaired) electrons. The number of hydrogen-bond donors (Lipinski definition) is 2. The molecular formula is C18H10ClN7O9. The van der Waals surface area contributed by atoms with Crippen LogP contribution in [0.25, 0.3) is 0 Å². The van der Waals surface area contributed by atoms with Crippen LogP contribution in [0.3, 0.4) is 0 Å². The van der Waals surface area contributed by atoms with E-state index in [9.17, 15) is 39.9 Å². The first-order valence-corrected chi connectivity index (χ1v) is 9.43. The number of aromatic nitrogens is 2. The van der Waals surface area contributed by atoms with Gasteiger partial charge >= 0.3 is 11.7 Å². The molecule has 0 saturated heterocycles. The van der Waals surface area contributed by atoms with Crippen molar-refractivity contribution in [1.82, 2.24) is 15.5 Å². The smallest absolute Gasteiger partial charge is 0.326 e. The molecule has 0 aliphatic heterocycles. The zero-order chi connectivity index (χ0) is 25.7. The quantitative estimate of drug-likeness (QED) is 0.349. The second-order valence-corrected chi connectivity index (χ2v) is 6.75. The summed E-state index contributed by atoms with van der Waals surface area (Å²) in [6, 6.07) is 7.01. The lowest BCUT2D eigenvalue weighted by Gasteiger charge is -2.09. The molecule has 3 rings (SSSR count). The van der Waals surface area contributed by atoms with Gasteiger partial charge in [-0.15, -0.1) is 10.2 Å². The fourth-order valence-corrected chi connectivity index (χ4v) is 2.71. The molecule has 0 fully saturated rings. The summed E-state index contributed by atoms with van der Waals surface area (Å²) >= 11 is 5.62. The Balaban J connectivity index is 1.76. The van der Waals surface area contributed by atoms with Crippen LogP contribution in [0.1, 0.15) is 10.4 Å². The van der Waals surface area contributed by atoms with Crippen LogP contribution < -0.4 is 15.4 Å². The number of benzene rings is 2. The SMILES string of the molecule is O=C(NC(=O)c1ccc([N+](=O)[O-])cc1[N+](=O)[O-])Nc1ccc(Oc2ccc(Cl)nn2)c([N+](=O)[O-])c1. The third-order valence-electron chi connectivity index (χ3n) is 4.10. The molecule has 17 heteroatoms. The lowest BCUT2D eigenvalue weighted by molar-refractivity contribution is -0.394. The molecule has 3 amide bonds. The summed E-state index contributed by atoms with van der Waals surface area (Å²) in [5.41, 5.74) is -2.84. The van der Waals surface area contributed by atoms with Gasteiger partial charge in [0.05, 0.1) is 20.8 Å². The summed E-state index contributed by atoms with van der Waals surface area (Å²) in [6.45, 7) is 0. The second-order valence-electron chi connectivity index (χ2n) is 6.36. The molecule has 3 aromatic rings. The molecule has 1 heterocycles. The number of nitro benzene ring substituents is 3. The lowest BCUT2D eigenvalue weighted by Crippen LogP contribution is -2.34. The van der Waals surface area contributed by atoms with E-state index >= 15 is 0 Å². The molecule has 16 nitrogen and oxygen atoms in total. The highest BCUT2D eigenvalue weighted by atomic mass is 35.5. The van der Waals surface area contributed by atoms with Crippen LogP contribution in [0.2, 0.25) is 5.15 Å². The standard InChI is InChI=1S/C18H10ClN7O9/c19-15-5-6-16(23-22-15)35-14-4-1-9(7-13(14)26(33)34)20-18(28)21-17(27)11-3-2-10(24(29)30)8-12(11)25(31)32/h1-8H,(H2,20,21,27,28). The molecule has 0 aliphatic carbocycles. The fourth-order valence-electron chi connectivity index (χ4n) is 2.60. The maximum atomic E-state index is 12.3. The number of imide groups is 1. The minimum absolute atomic E-state index is 0.0750. The monoisotopic (exact) mass is 503 g/mol. The Morgan fingerprint density at radius 3 is 2.17 bits per heavy atom. The van der Waals surface area contributed by atoms with E-state index < -0.39 is 49.3 Å². The topological polar surface area (TPSA) is 223 Å². The number of rotatable bonds is 7. The number of amides is 3. The first kappa shape index (κ1) is 24.4. The van der Waals surface area contributed by atoms with Gasteiger partial charge in [0.25, 0.3) is 17.3 Å². The number of carbonyl (C=O) groups excluding carboxylic acids is 2. The predicted octanol–water partition coefficient (Wildman–Crippen LogP) is 3.61. The largest absolute Gasteiger partial charge is 0.430 e. The minimum Gasteiger partial charge on any atom is -0.430 e. The van der Waals surface area contributed by atoms with Gasteiger partial charge in [-0.1, -0.05) is 11.6 Å². The van der Waals surface area contributed by atoms with Gasteiger partial charge in [0, 0.05) is 23.9 Å². The number of carbonyl (C=O) groups is 2. The zero-order valence-electron chi connectivity index (χ0n) is 16.9. The Morgan fingerprint density at radius 1 is 0.857 bits per heavy atom. The zero-order valence-corrected chi connectivity index (χ0v) is 17.7. The molecule has 0 atom stereocenters. The number of urea groups is 1. The van der Waals surface area contributed by atoms with E-state index in [2.05, 4.69) is 15.5 Å². The van der Waals surface area contributed by atoms with Gasteiger partial charge in [-0.3, -0.25) is 40.5 Å². The van der Waals surface area contributed by atoms with Crippen molar-refractivity contribution < 1.29 is 29.1 Å². The molecule has 0 bridgehead atoms. The van der Waals surface area contributed by atoms with E-state index in [0.29, 0.717) is 6.07 Å². The molecular weight excluding hydrogens is 494 g/mol. The van der Waals surface area contributed by atoms with Crippen molar-refractivity contribution >= 4 is 46.3 Å². The Morgan fingerprint density at radius 2 is 1.57 bits per heavy atom. The van der Waals surface area contributed by atoms with Gasteiger partial charge in [0.2, 0.25) is 11.6 Å². The first-order chi connectivity index (χ1) is 16.5. The fraction of sp³-hybridized carbons (Fsp3) is 0. The average Bonchev–Trinajstić information content (AvgIpc) is 2.80. The number of hydrogen-bond acceptors (Lipinski definition) is 11. The number of nitro groups is 3. The average molecular weight is 504 g/mol. The van der Waals surface area contributed by atoms with E-state index in [0.717, 1.165) is 24.3 Å². The van der Waals surface area contributed by atoms with Crippen molar-refractivity contribution in [1.29, 1.82) is 0 Å². The number of nitrogens with one attached hydrogen (secondary N) is 2. The highest BCUT2D eigenvalue weighted by Gasteiger charge is 2.25. The Labute approximate surface area is 197 Å². The van der Waals surface area contributed by atoms with Crippen molar-refractivity contribution in [3.8, 4) is 11.6 Å². The first-order valence-electron chi connectivity index (χ1n) is 9.06. The van der Waals surface area contributed by atoms with Gasteiger partial charge in [0.15, 0.2) is 5.15 Å². The maximum absolute atomic E-state index is 12.3. The van der Waals surface area contributed by atoms with Crippen LogP contribution in [0.4, 0.5) is 27.5 Å². The Kier molecular flexibility index (Phi) is 7.06. The molecule has 35 heavy (non-hydrogen) atoms. The summed E-state index contributed by atoms with van der Waals surface area (Å²) in [5.74, 6) is -1.57. The van der Waals surface area contributed by atoms with E-state index in [1.165, 1.54) is 18.2 Å². The van der Waals surface area contributed by atoms with E-state index in [1.54, 1.807) is 5.32 Å². The van der Waals surface area contributed by atoms with Crippen molar-refractivity contribution in [2.24, 2.45) is 0 Å². The van der Waals surface area contributed by atoms with Crippen LogP contribution >= 0.6 is 11.6 Å². The summed E-state index contributed by atoms with van der Waals surface area (Å²) in [7, 11) is 0. The van der Waals surface area contributed by atoms with E-state index in [4.69, 9.17) is 16.3 Å². The van der Waals surface area contributed by atoms with Crippen molar-refractivity contribution in [3.05, 3.63) is 89.6 Å². The van der Waals surface area contributed by atoms with Crippen molar-refractivity contribution in [2.75, 3.05) is 5.32 Å². The predicted molar refractivity (Wildman–Crippen MR) is 116 cm³/mol. The van der Waals surface area contributed by atoms with Crippen molar-refractivity contribution in [3.63, 3.8) is 0 Å². The normalized spacial score (nSPS) is 10.2. The summed E-state index contributed by atoms with van der Waals surface area (Å²) in [4.78, 5) is 55.2. The van der Waals surface area contributed by atoms with Gasteiger partial charge in [-0.2, -0.15) is 0 Å². The van der Waals surface area contributed by atoms with Gasteiger partial charge < -0.3 is 10.1 Å². The summed E-state index contributed by atoms with van der Waals surface area (Å²) in [6.07, 6.45) is 0. The third kappa shape index (κ3) is 5.96. The van der Waals surface area contributed by atoms with Crippen LogP contribution in [-0.4, -0.2) is 36.9 Å². The van der Waals surface area contributed by atoms with Crippen LogP contribution in [0, 0.1) is 30.3 Å². The molecule has 0 spiro atoms.